The molecule has 1 rings (SSSR count). The van der Waals surface area contributed by atoms with Gasteiger partial charge in [0.05, 0.1) is 6.61 Å². The van der Waals surface area contributed by atoms with Gasteiger partial charge in [0.1, 0.15) is 5.69 Å². The highest BCUT2D eigenvalue weighted by Crippen LogP contribution is 2.11. The SMILES string of the molecule is CCOC(=O)/C=C/c1cccnc1C(=O)N(CC)CC. The third kappa shape index (κ3) is 4.19. The first-order valence-electron chi connectivity index (χ1n) is 6.73. The molecule has 0 radical (unpaired) electrons. The summed E-state index contributed by atoms with van der Waals surface area (Å²) in [6, 6.07) is 3.48. The lowest BCUT2D eigenvalue weighted by atomic mass is 10.1. The van der Waals surface area contributed by atoms with Crippen molar-refractivity contribution >= 4 is 18.0 Å². The number of carbonyl (C=O) groups excluding carboxylic acids is 2. The largest absolute Gasteiger partial charge is 0.463 e. The average Bonchev–Trinajstić information content (AvgIpc) is 2.47. The lowest BCUT2D eigenvalue weighted by molar-refractivity contribution is -0.137. The Bertz CT molecular complexity index is 494. The Kier molecular flexibility index (Phi) is 6.43. The lowest BCUT2D eigenvalue weighted by Gasteiger charge is -2.18. The van der Waals surface area contributed by atoms with Gasteiger partial charge in [-0.25, -0.2) is 4.79 Å². The first-order valence-corrected chi connectivity index (χ1v) is 6.73. The molecule has 0 spiro atoms. The summed E-state index contributed by atoms with van der Waals surface area (Å²) in [5, 5.41) is 0. The van der Waals surface area contributed by atoms with Crippen molar-refractivity contribution < 1.29 is 14.3 Å². The van der Waals surface area contributed by atoms with Crippen molar-refractivity contribution in [1.29, 1.82) is 0 Å². The first kappa shape index (κ1) is 15.9. The van der Waals surface area contributed by atoms with E-state index in [-0.39, 0.29) is 5.91 Å². The highest BCUT2D eigenvalue weighted by Gasteiger charge is 2.16. The maximum Gasteiger partial charge on any atom is 0.330 e. The molecule has 0 saturated heterocycles. The van der Waals surface area contributed by atoms with Crippen LogP contribution in [0, 0.1) is 0 Å². The van der Waals surface area contributed by atoms with Crippen molar-refractivity contribution in [3.63, 3.8) is 0 Å². The molecule has 0 fully saturated rings. The van der Waals surface area contributed by atoms with Crippen LogP contribution in [0.1, 0.15) is 36.8 Å². The van der Waals surface area contributed by atoms with Gasteiger partial charge in [0.25, 0.3) is 5.91 Å². The van der Waals surface area contributed by atoms with Crippen molar-refractivity contribution in [1.82, 2.24) is 9.88 Å². The fourth-order valence-corrected chi connectivity index (χ4v) is 1.74. The smallest absolute Gasteiger partial charge is 0.330 e. The number of hydrogen-bond acceptors (Lipinski definition) is 4. The molecule has 1 aromatic heterocycles. The van der Waals surface area contributed by atoms with Gasteiger partial charge in [0, 0.05) is 30.9 Å². The summed E-state index contributed by atoms with van der Waals surface area (Å²) in [6.07, 6.45) is 4.43. The molecule has 1 aromatic rings. The molecule has 0 aliphatic rings. The molecule has 20 heavy (non-hydrogen) atoms. The predicted octanol–water partition coefficient (Wildman–Crippen LogP) is 2.14. The van der Waals surface area contributed by atoms with Crippen LogP contribution in [-0.2, 0) is 9.53 Å². The molecule has 0 aliphatic carbocycles. The van der Waals surface area contributed by atoms with Gasteiger partial charge in [-0.3, -0.25) is 9.78 Å². The number of hydrogen-bond donors (Lipinski definition) is 0. The number of aromatic nitrogens is 1. The Morgan fingerprint density at radius 3 is 2.60 bits per heavy atom. The molecule has 0 aliphatic heterocycles. The summed E-state index contributed by atoms with van der Waals surface area (Å²) >= 11 is 0. The summed E-state index contributed by atoms with van der Waals surface area (Å²) in [5.74, 6) is -0.572. The second-order valence-electron chi connectivity index (χ2n) is 4.00. The van der Waals surface area contributed by atoms with E-state index >= 15 is 0 Å². The second-order valence-corrected chi connectivity index (χ2v) is 4.00. The van der Waals surface area contributed by atoms with E-state index in [0.717, 1.165) is 0 Å². The maximum atomic E-state index is 12.3. The van der Waals surface area contributed by atoms with Crippen LogP contribution in [-0.4, -0.2) is 41.5 Å². The lowest BCUT2D eigenvalue weighted by Crippen LogP contribution is -2.31. The van der Waals surface area contributed by atoms with Crippen molar-refractivity contribution in [2.75, 3.05) is 19.7 Å². The van der Waals surface area contributed by atoms with E-state index in [2.05, 4.69) is 4.98 Å². The van der Waals surface area contributed by atoms with Crippen molar-refractivity contribution in [3.05, 3.63) is 35.7 Å². The van der Waals surface area contributed by atoms with Crippen molar-refractivity contribution in [2.45, 2.75) is 20.8 Å². The predicted molar refractivity (Wildman–Crippen MR) is 77.2 cm³/mol. The molecule has 0 bridgehead atoms. The quantitative estimate of drug-likeness (QED) is 0.590. The van der Waals surface area contributed by atoms with E-state index < -0.39 is 5.97 Å². The van der Waals surface area contributed by atoms with Crippen molar-refractivity contribution in [3.8, 4) is 0 Å². The standard InChI is InChI=1S/C15H20N2O3/c1-4-17(5-2)15(19)14-12(8-7-11-16-14)9-10-13(18)20-6-3/h7-11H,4-6H2,1-3H3/b10-9+. The second kappa shape index (κ2) is 8.09. The van der Waals surface area contributed by atoms with Gasteiger partial charge < -0.3 is 9.64 Å². The highest BCUT2D eigenvalue weighted by atomic mass is 16.5. The number of pyridine rings is 1. The normalized spacial score (nSPS) is 10.6. The van der Waals surface area contributed by atoms with Gasteiger partial charge in [-0.15, -0.1) is 0 Å². The van der Waals surface area contributed by atoms with Gasteiger partial charge in [-0.2, -0.15) is 0 Å². The van der Waals surface area contributed by atoms with E-state index in [1.165, 1.54) is 6.08 Å². The summed E-state index contributed by atoms with van der Waals surface area (Å²) in [6.45, 7) is 7.13. The fourth-order valence-electron chi connectivity index (χ4n) is 1.74. The zero-order valence-corrected chi connectivity index (χ0v) is 12.1. The van der Waals surface area contributed by atoms with Crippen LogP contribution < -0.4 is 0 Å². The van der Waals surface area contributed by atoms with Crippen LogP contribution in [0.2, 0.25) is 0 Å². The Morgan fingerprint density at radius 1 is 1.30 bits per heavy atom. The van der Waals surface area contributed by atoms with E-state index in [4.69, 9.17) is 4.74 Å². The van der Waals surface area contributed by atoms with Gasteiger partial charge in [0.2, 0.25) is 0 Å². The third-order valence-electron chi connectivity index (χ3n) is 2.78. The molecule has 5 heteroatoms. The number of carbonyl (C=O) groups is 2. The van der Waals surface area contributed by atoms with E-state index in [1.54, 1.807) is 36.2 Å². The van der Waals surface area contributed by atoms with Gasteiger partial charge in [-0.1, -0.05) is 6.07 Å². The molecule has 0 atom stereocenters. The third-order valence-corrected chi connectivity index (χ3v) is 2.78. The van der Waals surface area contributed by atoms with E-state index in [1.807, 2.05) is 13.8 Å². The maximum absolute atomic E-state index is 12.3. The van der Waals surface area contributed by atoms with Crippen LogP contribution in [0.25, 0.3) is 6.08 Å². The van der Waals surface area contributed by atoms with Gasteiger partial charge in [0.15, 0.2) is 0 Å². The van der Waals surface area contributed by atoms with E-state index in [0.29, 0.717) is 31.0 Å². The minimum Gasteiger partial charge on any atom is -0.463 e. The fraction of sp³-hybridized carbons (Fsp3) is 0.400. The molecule has 0 N–H and O–H groups in total. The van der Waals surface area contributed by atoms with Gasteiger partial charge >= 0.3 is 5.97 Å². The Morgan fingerprint density at radius 2 is 2.00 bits per heavy atom. The Hall–Kier alpha value is -2.17. The monoisotopic (exact) mass is 276 g/mol. The summed E-state index contributed by atoms with van der Waals surface area (Å²) in [4.78, 5) is 29.4. The number of rotatable bonds is 6. The summed E-state index contributed by atoms with van der Waals surface area (Å²) < 4.78 is 4.81. The molecule has 108 valence electrons. The molecular weight excluding hydrogens is 256 g/mol. The van der Waals surface area contributed by atoms with Gasteiger partial charge in [-0.05, 0) is 32.9 Å². The van der Waals surface area contributed by atoms with Crippen molar-refractivity contribution in [2.24, 2.45) is 0 Å². The zero-order valence-electron chi connectivity index (χ0n) is 12.1. The van der Waals surface area contributed by atoms with Crippen LogP contribution in [0.3, 0.4) is 0 Å². The molecule has 1 amide bonds. The number of ether oxygens (including phenoxy) is 1. The Balaban J connectivity index is 2.99. The summed E-state index contributed by atoms with van der Waals surface area (Å²) in [7, 11) is 0. The molecule has 0 saturated carbocycles. The Labute approximate surface area is 119 Å². The average molecular weight is 276 g/mol. The minimum absolute atomic E-state index is 0.140. The summed E-state index contributed by atoms with van der Waals surface area (Å²) in [5.41, 5.74) is 0.953. The topological polar surface area (TPSA) is 59.5 Å². The van der Waals surface area contributed by atoms with Crippen LogP contribution in [0.5, 0.6) is 0 Å². The molecule has 0 unspecified atom stereocenters. The minimum atomic E-state index is -0.433. The number of amides is 1. The zero-order chi connectivity index (χ0) is 15.0. The number of nitrogens with zero attached hydrogens (tertiary/aromatic N) is 2. The first-order chi connectivity index (χ1) is 9.63. The molecule has 0 aromatic carbocycles. The van der Waals surface area contributed by atoms with E-state index in [9.17, 15) is 9.59 Å². The number of esters is 1. The highest BCUT2D eigenvalue weighted by molar-refractivity contribution is 5.97. The van der Waals surface area contributed by atoms with Crippen LogP contribution in [0.4, 0.5) is 0 Å². The van der Waals surface area contributed by atoms with Crippen LogP contribution >= 0.6 is 0 Å². The van der Waals surface area contributed by atoms with Crippen LogP contribution in [0.15, 0.2) is 24.4 Å². The molecular formula is C15H20N2O3. The molecule has 5 nitrogen and oxygen atoms in total. The molecule has 1 heterocycles.